The molecule has 0 fully saturated rings. The van der Waals surface area contributed by atoms with E-state index in [1.165, 1.54) is 12.0 Å². The number of hydrogen-bond donors (Lipinski definition) is 0. The Labute approximate surface area is 76.0 Å². The summed E-state index contributed by atoms with van der Waals surface area (Å²) >= 11 is -0.733. The van der Waals surface area contributed by atoms with E-state index in [1.807, 2.05) is 18.2 Å². The Hall–Kier alpha value is -0.470. The highest BCUT2D eigenvalue weighted by Crippen LogP contribution is 2.23. The quantitative estimate of drug-likeness (QED) is 0.561. The van der Waals surface area contributed by atoms with Crippen LogP contribution in [0.5, 0.6) is 0 Å². The highest BCUT2D eigenvalue weighted by atomic mass is 32.2. The van der Waals surface area contributed by atoms with Crippen LogP contribution in [-0.2, 0) is 17.6 Å². The van der Waals surface area contributed by atoms with Crippen LogP contribution in [0.1, 0.15) is 18.4 Å². The SMILES string of the molecule is [O-][S+]1CCCCc2ccccc21. The van der Waals surface area contributed by atoms with Crippen molar-refractivity contribution in [3.8, 4) is 0 Å². The van der Waals surface area contributed by atoms with Crippen LogP contribution in [0.2, 0.25) is 0 Å². The van der Waals surface area contributed by atoms with E-state index in [4.69, 9.17) is 0 Å². The molecule has 2 rings (SSSR count). The van der Waals surface area contributed by atoms with Crippen LogP contribution < -0.4 is 0 Å². The van der Waals surface area contributed by atoms with Gasteiger partial charge in [-0.05, 0) is 36.5 Å². The minimum Gasteiger partial charge on any atom is -0.611 e. The van der Waals surface area contributed by atoms with Gasteiger partial charge in [0.25, 0.3) is 0 Å². The van der Waals surface area contributed by atoms with Crippen molar-refractivity contribution in [1.29, 1.82) is 0 Å². The monoisotopic (exact) mass is 180 g/mol. The molecule has 0 aromatic heterocycles. The highest BCUT2D eigenvalue weighted by Gasteiger charge is 2.18. The fraction of sp³-hybridized carbons (Fsp3) is 0.400. The third kappa shape index (κ3) is 1.50. The zero-order chi connectivity index (χ0) is 8.39. The predicted octanol–water partition coefficient (Wildman–Crippen LogP) is 2.13. The van der Waals surface area contributed by atoms with E-state index in [0.717, 1.165) is 23.5 Å². The fourth-order valence-corrected chi connectivity index (χ4v) is 2.97. The average Bonchev–Trinajstić information content (AvgIpc) is 2.29. The summed E-state index contributed by atoms with van der Waals surface area (Å²) in [5.74, 6) is 0.844. The summed E-state index contributed by atoms with van der Waals surface area (Å²) in [6.45, 7) is 0. The topological polar surface area (TPSA) is 23.1 Å². The summed E-state index contributed by atoms with van der Waals surface area (Å²) in [5.41, 5.74) is 1.29. The summed E-state index contributed by atoms with van der Waals surface area (Å²) in [6, 6.07) is 8.10. The van der Waals surface area contributed by atoms with Crippen LogP contribution in [0.4, 0.5) is 0 Å². The molecule has 1 unspecified atom stereocenters. The Bertz CT molecular complexity index is 272. The second kappa shape index (κ2) is 3.50. The van der Waals surface area contributed by atoms with Crippen LogP contribution in [0.3, 0.4) is 0 Å². The van der Waals surface area contributed by atoms with Crippen molar-refractivity contribution in [2.24, 2.45) is 0 Å². The molecule has 1 heterocycles. The molecule has 0 spiro atoms. The second-order valence-corrected chi connectivity index (χ2v) is 4.65. The van der Waals surface area contributed by atoms with Gasteiger partial charge in [0.2, 0.25) is 0 Å². The second-order valence-electron chi connectivity index (χ2n) is 3.11. The smallest absolute Gasteiger partial charge is 0.155 e. The third-order valence-corrected chi connectivity index (χ3v) is 3.79. The van der Waals surface area contributed by atoms with E-state index in [9.17, 15) is 4.55 Å². The Morgan fingerprint density at radius 3 is 2.92 bits per heavy atom. The lowest BCUT2D eigenvalue weighted by molar-refractivity contribution is 0.593. The van der Waals surface area contributed by atoms with Crippen molar-refractivity contribution in [3.05, 3.63) is 29.8 Å². The van der Waals surface area contributed by atoms with Gasteiger partial charge in [-0.15, -0.1) is 0 Å². The standard InChI is InChI=1S/C10H12OS/c11-12-8-4-3-6-9-5-1-2-7-10(9)12/h1-2,5,7H,3-4,6,8H2. The third-order valence-electron chi connectivity index (χ3n) is 2.24. The van der Waals surface area contributed by atoms with Gasteiger partial charge in [-0.3, -0.25) is 0 Å². The van der Waals surface area contributed by atoms with Gasteiger partial charge in [-0.25, -0.2) is 0 Å². The van der Waals surface area contributed by atoms with Gasteiger partial charge in [-0.2, -0.15) is 0 Å². The first-order valence-corrected chi connectivity index (χ1v) is 5.66. The lowest BCUT2D eigenvalue weighted by Crippen LogP contribution is -2.05. The Morgan fingerprint density at radius 1 is 1.17 bits per heavy atom. The molecule has 1 aromatic carbocycles. The first-order valence-electron chi connectivity index (χ1n) is 4.34. The van der Waals surface area contributed by atoms with E-state index in [-0.39, 0.29) is 0 Å². The molecule has 1 nitrogen and oxygen atoms in total. The normalized spacial score (nSPS) is 22.9. The number of aryl methyl sites for hydroxylation is 1. The molecule has 0 N–H and O–H groups in total. The van der Waals surface area contributed by atoms with Crippen LogP contribution in [-0.4, -0.2) is 10.3 Å². The molecule has 1 aliphatic heterocycles. The Kier molecular flexibility index (Phi) is 2.38. The molecule has 0 bridgehead atoms. The van der Waals surface area contributed by atoms with Gasteiger partial charge in [0.05, 0.1) is 0 Å². The molecule has 2 heteroatoms. The minimum atomic E-state index is -0.733. The van der Waals surface area contributed by atoms with E-state index in [0.29, 0.717) is 0 Å². The summed E-state index contributed by atoms with van der Waals surface area (Å²) in [4.78, 5) is 1.06. The Balaban J connectivity index is 2.39. The molecule has 64 valence electrons. The van der Waals surface area contributed by atoms with Gasteiger partial charge in [0.15, 0.2) is 4.90 Å². The van der Waals surface area contributed by atoms with Crippen molar-refractivity contribution in [3.63, 3.8) is 0 Å². The van der Waals surface area contributed by atoms with E-state index < -0.39 is 11.2 Å². The van der Waals surface area contributed by atoms with Gasteiger partial charge in [0, 0.05) is 5.56 Å². The van der Waals surface area contributed by atoms with Gasteiger partial charge in [-0.1, -0.05) is 18.2 Å². The fourth-order valence-electron chi connectivity index (χ4n) is 1.59. The number of fused-ring (bicyclic) bond motifs is 1. The maximum Gasteiger partial charge on any atom is 0.155 e. The molecule has 0 saturated heterocycles. The minimum absolute atomic E-state index is 0.733. The van der Waals surface area contributed by atoms with E-state index in [2.05, 4.69) is 6.07 Å². The van der Waals surface area contributed by atoms with Crippen molar-refractivity contribution in [2.45, 2.75) is 24.2 Å². The molecule has 1 aliphatic rings. The molecule has 0 radical (unpaired) electrons. The molecule has 0 aliphatic carbocycles. The zero-order valence-corrected chi connectivity index (χ0v) is 7.77. The van der Waals surface area contributed by atoms with Gasteiger partial charge >= 0.3 is 0 Å². The summed E-state index contributed by atoms with van der Waals surface area (Å²) < 4.78 is 11.6. The summed E-state index contributed by atoms with van der Waals surface area (Å²) in [6.07, 6.45) is 3.38. The molecule has 1 atom stereocenters. The summed E-state index contributed by atoms with van der Waals surface area (Å²) in [5, 5.41) is 0. The molecule has 1 aromatic rings. The van der Waals surface area contributed by atoms with Crippen LogP contribution in [0.15, 0.2) is 29.2 Å². The maximum atomic E-state index is 11.6. The highest BCUT2D eigenvalue weighted by molar-refractivity contribution is 7.91. The van der Waals surface area contributed by atoms with Crippen LogP contribution >= 0.6 is 0 Å². The number of rotatable bonds is 0. The molecule has 0 amide bonds. The Morgan fingerprint density at radius 2 is 2.00 bits per heavy atom. The lowest BCUT2D eigenvalue weighted by Gasteiger charge is -2.09. The maximum absolute atomic E-state index is 11.6. The van der Waals surface area contributed by atoms with Crippen molar-refractivity contribution in [2.75, 3.05) is 5.75 Å². The van der Waals surface area contributed by atoms with Gasteiger partial charge < -0.3 is 4.55 Å². The molecular formula is C10H12OS. The molecular weight excluding hydrogens is 168 g/mol. The zero-order valence-electron chi connectivity index (χ0n) is 6.95. The number of hydrogen-bond acceptors (Lipinski definition) is 1. The number of benzene rings is 1. The summed E-state index contributed by atoms with van der Waals surface area (Å²) in [7, 11) is 0. The van der Waals surface area contributed by atoms with Crippen molar-refractivity contribution < 1.29 is 4.55 Å². The van der Waals surface area contributed by atoms with Crippen LogP contribution in [0.25, 0.3) is 0 Å². The molecule has 12 heavy (non-hydrogen) atoms. The lowest BCUT2D eigenvalue weighted by atomic mass is 10.1. The average molecular weight is 180 g/mol. The van der Waals surface area contributed by atoms with E-state index >= 15 is 0 Å². The largest absolute Gasteiger partial charge is 0.611 e. The van der Waals surface area contributed by atoms with Crippen molar-refractivity contribution >= 4 is 11.2 Å². The predicted molar refractivity (Wildman–Crippen MR) is 50.7 cm³/mol. The first-order chi connectivity index (χ1) is 5.88. The van der Waals surface area contributed by atoms with Crippen LogP contribution in [0, 0.1) is 0 Å². The van der Waals surface area contributed by atoms with E-state index in [1.54, 1.807) is 0 Å². The molecule has 0 saturated carbocycles. The van der Waals surface area contributed by atoms with Gasteiger partial charge in [0.1, 0.15) is 5.75 Å². The first kappa shape index (κ1) is 8.14. The van der Waals surface area contributed by atoms with Crippen molar-refractivity contribution in [1.82, 2.24) is 0 Å².